The molecule has 0 saturated heterocycles. The highest BCUT2D eigenvalue weighted by Gasteiger charge is 2.03. The molecule has 0 unspecified atom stereocenters. The van der Waals surface area contributed by atoms with E-state index in [9.17, 15) is 0 Å². The molecule has 2 aromatic rings. The molecule has 0 atom stereocenters. The standard InChI is InChI=1S/C14H14BrN/c1-11-5-3-7-13(9-11)16(2)14-8-4-6-12(15)10-14/h3-10H,1-2H3. The third-order valence-electron chi connectivity index (χ3n) is 2.58. The van der Waals surface area contributed by atoms with E-state index in [0.29, 0.717) is 0 Å². The molecule has 82 valence electrons. The highest BCUT2D eigenvalue weighted by molar-refractivity contribution is 9.10. The van der Waals surface area contributed by atoms with Crippen molar-refractivity contribution in [1.82, 2.24) is 0 Å². The second kappa shape index (κ2) is 4.71. The fourth-order valence-electron chi connectivity index (χ4n) is 1.67. The fraction of sp³-hybridized carbons (Fsp3) is 0.143. The van der Waals surface area contributed by atoms with Crippen LogP contribution in [0.2, 0.25) is 0 Å². The fourth-order valence-corrected chi connectivity index (χ4v) is 2.06. The molecule has 0 aromatic heterocycles. The summed E-state index contributed by atoms with van der Waals surface area (Å²) in [5, 5.41) is 0. The van der Waals surface area contributed by atoms with Crippen LogP contribution in [0.4, 0.5) is 11.4 Å². The molecule has 0 amide bonds. The largest absolute Gasteiger partial charge is 0.345 e. The molecule has 2 rings (SSSR count). The van der Waals surface area contributed by atoms with Crippen molar-refractivity contribution in [3.8, 4) is 0 Å². The Kier molecular flexibility index (Phi) is 3.30. The number of nitrogens with zero attached hydrogens (tertiary/aromatic N) is 1. The lowest BCUT2D eigenvalue weighted by atomic mass is 10.2. The van der Waals surface area contributed by atoms with Crippen molar-refractivity contribution in [3.05, 3.63) is 58.6 Å². The maximum Gasteiger partial charge on any atom is 0.0419 e. The summed E-state index contributed by atoms with van der Waals surface area (Å²) in [6.07, 6.45) is 0. The molecule has 2 heteroatoms. The van der Waals surface area contributed by atoms with Crippen LogP contribution in [0.1, 0.15) is 5.56 Å². The van der Waals surface area contributed by atoms with Crippen LogP contribution in [0.25, 0.3) is 0 Å². The maximum atomic E-state index is 3.49. The lowest BCUT2D eigenvalue weighted by Crippen LogP contribution is -2.09. The number of rotatable bonds is 2. The van der Waals surface area contributed by atoms with Crippen molar-refractivity contribution in [2.45, 2.75) is 6.92 Å². The van der Waals surface area contributed by atoms with Gasteiger partial charge in [-0.3, -0.25) is 0 Å². The van der Waals surface area contributed by atoms with Gasteiger partial charge in [0.05, 0.1) is 0 Å². The molecule has 0 heterocycles. The van der Waals surface area contributed by atoms with Crippen LogP contribution in [-0.2, 0) is 0 Å². The van der Waals surface area contributed by atoms with E-state index in [0.717, 1.165) is 4.47 Å². The van der Waals surface area contributed by atoms with Crippen molar-refractivity contribution in [1.29, 1.82) is 0 Å². The summed E-state index contributed by atoms with van der Waals surface area (Å²) in [6.45, 7) is 2.11. The molecular formula is C14H14BrN. The van der Waals surface area contributed by atoms with Crippen molar-refractivity contribution in [3.63, 3.8) is 0 Å². The van der Waals surface area contributed by atoms with Gasteiger partial charge in [-0.15, -0.1) is 0 Å². The molecule has 0 spiro atoms. The Morgan fingerprint density at radius 3 is 2.19 bits per heavy atom. The molecule has 2 aromatic carbocycles. The lowest BCUT2D eigenvalue weighted by molar-refractivity contribution is 1.20. The van der Waals surface area contributed by atoms with E-state index in [1.54, 1.807) is 0 Å². The minimum Gasteiger partial charge on any atom is -0.345 e. The summed E-state index contributed by atoms with van der Waals surface area (Å²) in [7, 11) is 2.08. The Labute approximate surface area is 105 Å². The van der Waals surface area contributed by atoms with Gasteiger partial charge < -0.3 is 4.90 Å². The molecular weight excluding hydrogens is 262 g/mol. The van der Waals surface area contributed by atoms with Crippen molar-refractivity contribution in [2.24, 2.45) is 0 Å². The summed E-state index contributed by atoms with van der Waals surface area (Å²) in [6, 6.07) is 16.8. The number of hydrogen-bond donors (Lipinski definition) is 0. The first-order chi connectivity index (χ1) is 7.66. The molecule has 0 aliphatic heterocycles. The quantitative estimate of drug-likeness (QED) is 0.779. The Morgan fingerprint density at radius 2 is 1.56 bits per heavy atom. The van der Waals surface area contributed by atoms with Gasteiger partial charge in [0.2, 0.25) is 0 Å². The molecule has 0 fully saturated rings. The van der Waals surface area contributed by atoms with Gasteiger partial charge in [0, 0.05) is 22.9 Å². The predicted molar refractivity (Wildman–Crippen MR) is 73.4 cm³/mol. The summed E-state index contributed by atoms with van der Waals surface area (Å²) in [4.78, 5) is 2.18. The van der Waals surface area contributed by atoms with Gasteiger partial charge in [-0.05, 0) is 42.8 Å². The summed E-state index contributed by atoms with van der Waals surface area (Å²) in [5.74, 6) is 0. The Balaban J connectivity index is 2.35. The summed E-state index contributed by atoms with van der Waals surface area (Å²) < 4.78 is 1.10. The van der Waals surface area contributed by atoms with Crippen LogP contribution in [0.5, 0.6) is 0 Å². The van der Waals surface area contributed by atoms with Crippen LogP contribution in [-0.4, -0.2) is 7.05 Å². The van der Waals surface area contributed by atoms with Gasteiger partial charge in [-0.2, -0.15) is 0 Å². The van der Waals surface area contributed by atoms with E-state index in [4.69, 9.17) is 0 Å². The monoisotopic (exact) mass is 275 g/mol. The van der Waals surface area contributed by atoms with E-state index < -0.39 is 0 Å². The zero-order valence-electron chi connectivity index (χ0n) is 9.44. The molecule has 16 heavy (non-hydrogen) atoms. The van der Waals surface area contributed by atoms with Gasteiger partial charge in [0.25, 0.3) is 0 Å². The number of benzene rings is 2. The summed E-state index contributed by atoms with van der Waals surface area (Å²) >= 11 is 3.49. The maximum absolute atomic E-state index is 3.49. The zero-order valence-corrected chi connectivity index (χ0v) is 11.0. The van der Waals surface area contributed by atoms with E-state index >= 15 is 0 Å². The van der Waals surface area contributed by atoms with Crippen LogP contribution in [0.15, 0.2) is 53.0 Å². The van der Waals surface area contributed by atoms with Gasteiger partial charge in [-0.1, -0.05) is 34.1 Å². The zero-order chi connectivity index (χ0) is 11.5. The van der Waals surface area contributed by atoms with E-state index in [1.807, 2.05) is 12.1 Å². The molecule has 0 bridgehead atoms. The Hall–Kier alpha value is -1.28. The Morgan fingerprint density at radius 1 is 0.938 bits per heavy atom. The second-order valence-corrected chi connectivity index (χ2v) is 4.79. The van der Waals surface area contributed by atoms with Crippen molar-refractivity contribution < 1.29 is 0 Å². The van der Waals surface area contributed by atoms with Crippen LogP contribution in [0, 0.1) is 6.92 Å². The van der Waals surface area contributed by atoms with Crippen molar-refractivity contribution >= 4 is 27.3 Å². The molecule has 1 nitrogen and oxygen atoms in total. The first-order valence-electron chi connectivity index (χ1n) is 5.23. The molecule has 0 saturated carbocycles. The van der Waals surface area contributed by atoms with Crippen LogP contribution in [0.3, 0.4) is 0 Å². The SMILES string of the molecule is Cc1cccc(N(C)c2cccc(Br)c2)c1. The third kappa shape index (κ3) is 2.45. The first kappa shape index (κ1) is 11.2. The van der Waals surface area contributed by atoms with Crippen LogP contribution >= 0.6 is 15.9 Å². The van der Waals surface area contributed by atoms with Gasteiger partial charge in [0.15, 0.2) is 0 Å². The van der Waals surface area contributed by atoms with Gasteiger partial charge in [0.1, 0.15) is 0 Å². The molecule has 0 aliphatic rings. The minimum absolute atomic E-state index is 1.10. The number of anilines is 2. The predicted octanol–water partition coefficient (Wildman–Crippen LogP) is 4.53. The third-order valence-corrected chi connectivity index (χ3v) is 3.08. The van der Waals surface area contributed by atoms with Gasteiger partial charge in [-0.25, -0.2) is 0 Å². The topological polar surface area (TPSA) is 3.24 Å². The summed E-state index contributed by atoms with van der Waals surface area (Å²) in [5.41, 5.74) is 3.66. The average molecular weight is 276 g/mol. The first-order valence-corrected chi connectivity index (χ1v) is 6.02. The van der Waals surface area contributed by atoms with Crippen LogP contribution < -0.4 is 4.90 Å². The highest BCUT2D eigenvalue weighted by atomic mass is 79.9. The second-order valence-electron chi connectivity index (χ2n) is 3.88. The molecule has 0 N–H and O–H groups in total. The normalized spacial score (nSPS) is 10.2. The van der Waals surface area contributed by atoms with Crippen molar-refractivity contribution in [2.75, 3.05) is 11.9 Å². The average Bonchev–Trinajstić information content (AvgIpc) is 2.28. The molecule has 0 aliphatic carbocycles. The lowest BCUT2D eigenvalue weighted by Gasteiger charge is -2.20. The van der Waals surface area contributed by atoms with E-state index in [1.165, 1.54) is 16.9 Å². The smallest absolute Gasteiger partial charge is 0.0419 e. The van der Waals surface area contributed by atoms with E-state index in [2.05, 4.69) is 71.2 Å². The Bertz CT molecular complexity index is 448. The number of halogens is 1. The minimum atomic E-state index is 1.10. The number of hydrogen-bond acceptors (Lipinski definition) is 1. The highest BCUT2D eigenvalue weighted by Crippen LogP contribution is 2.26. The van der Waals surface area contributed by atoms with Gasteiger partial charge >= 0.3 is 0 Å². The number of aryl methyl sites for hydroxylation is 1. The van der Waals surface area contributed by atoms with E-state index in [-0.39, 0.29) is 0 Å². The molecule has 0 radical (unpaired) electrons.